The zero-order chi connectivity index (χ0) is 27.8. The van der Waals surface area contributed by atoms with E-state index in [2.05, 4.69) is 12.2 Å². The molecule has 2 saturated carbocycles. The van der Waals surface area contributed by atoms with Crippen molar-refractivity contribution >= 4 is 11.6 Å². The quantitative estimate of drug-likeness (QED) is 0.101. The molecule has 2 aliphatic carbocycles. The summed E-state index contributed by atoms with van der Waals surface area (Å²) in [6.45, 7) is 0. The average molecular weight is 545 g/mol. The highest BCUT2D eigenvalue weighted by Gasteiger charge is 2.37. The molecular weight excluding hydrogens is 506 g/mol. The van der Waals surface area contributed by atoms with Crippen LogP contribution in [0, 0.1) is 17.8 Å². The SMILES string of the molecule is O=C(CCC/C=C/CCC1CCC(CCCC(=O)c2cc(C(F)(F)F)cc(C(F)(F)F)c2)CC1)CC1CC1. The van der Waals surface area contributed by atoms with Crippen LogP contribution in [0.4, 0.5) is 26.3 Å². The van der Waals surface area contributed by atoms with Gasteiger partial charge in [-0.1, -0.05) is 44.3 Å². The number of halogens is 6. The second-order valence-corrected chi connectivity index (χ2v) is 11.1. The molecule has 0 amide bonds. The van der Waals surface area contributed by atoms with Crippen LogP contribution in [-0.4, -0.2) is 11.6 Å². The van der Waals surface area contributed by atoms with Crippen LogP contribution in [-0.2, 0) is 17.1 Å². The Balaban J connectivity index is 1.31. The fourth-order valence-electron chi connectivity index (χ4n) is 5.35. The van der Waals surface area contributed by atoms with Crippen molar-refractivity contribution in [1.82, 2.24) is 0 Å². The Hall–Kier alpha value is -2.12. The average Bonchev–Trinajstić information content (AvgIpc) is 3.67. The summed E-state index contributed by atoms with van der Waals surface area (Å²) in [5.41, 5.74) is -3.45. The van der Waals surface area contributed by atoms with Gasteiger partial charge in [-0.05, 0) is 80.9 Å². The number of allylic oxidation sites excluding steroid dienone is 2. The Morgan fingerprint density at radius 3 is 1.76 bits per heavy atom. The molecule has 3 rings (SSSR count). The van der Waals surface area contributed by atoms with Gasteiger partial charge in [-0.25, -0.2) is 0 Å². The summed E-state index contributed by atoms with van der Waals surface area (Å²) in [6.07, 6.45) is 7.79. The van der Waals surface area contributed by atoms with Crippen molar-refractivity contribution < 1.29 is 35.9 Å². The van der Waals surface area contributed by atoms with Crippen molar-refractivity contribution in [1.29, 1.82) is 0 Å². The maximum absolute atomic E-state index is 13.0. The molecule has 0 aliphatic heterocycles. The molecule has 0 bridgehead atoms. The van der Waals surface area contributed by atoms with Gasteiger partial charge in [0.15, 0.2) is 5.78 Å². The Kier molecular flexibility index (Phi) is 11.0. The molecule has 1 aromatic rings. The topological polar surface area (TPSA) is 34.1 Å². The summed E-state index contributed by atoms with van der Waals surface area (Å²) in [6, 6.07) is 1.09. The first-order valence-corrected chi connectivity index (χ1v) is 13.9. The van der Waals surface area contributed by atoms with E-state index in [1.165, 1.54) is 12.8 Å². The molecule has 38 heavy (non-hydrogen) atoms. The molecular formula is C30H38F6O2. The Morgan fingerprint density at radius 2 is 1.21 bits per heavy atom. The third kappa shape index (κ3) is 10.6. The zero-order valence-electron chi connectivity index (χ0n) is 21.8. The lowest BCUT2D eigenvalue weighted by Crippen LogP contribution is -2.15. The molecule has 2 nitrogen and oxygen atoms in total. The van der Waals surface area contributed by atoms with Crippen molar-refractivity contribution in [3.63, 3.8) is 0 Å². The van der Waals surface area contributed by atoms with E-state index >= 15 is 0 Å². The van der Waals surface area contributed by atoms with Crippen molar-refractivity contribution in [2.45, 2.75) is 109 Å². The lowest BCUT2D eigenvalue weighted by atomic mass is 9.78. The minimum absolute atomic E-state index is 0.0457. The molecule has 1 aromatic carbocycles. The van der Waals surface area contributed by atoms with Crippen LogP contribution in [0.2, 0.25) is 0 Å². The maximum Gasteiger partial charge on any atom is 0.416 e. The van der Waals surface area contributed by atoms with Crippen LogP contribution in [0.25, 0.3) is 0 Å². The van der Waals surface area contributed by atoms with Gasteiger partial charge in [-0.15, -0.1) is 0 Å². The molecule has 0 N–H and O–H groups in total. The van der Waals surface area contributed by atoms with Gasteiger partial charge in [0.1, 0.15) is 5.78 Å². The second kappa shape index (κ2) is 13.8. The lowest BCUT2D eigenvalue weighted by Gasteiger charge is -2.28. The zero-order valence-corrected chi connectivity index (χ0v) is 21.8. The van der Waals surface area contributed by atoms with Gasteiger partial charge in [0, 0.05) is 24.8 Å². The van der Waals surface area contributed by atoms with E-state index in [9.17, 15) is 35.9 Å². The van der Waals surface area contributed by atoms with Crippen LogP contribution >= 0.6 is 0 Å². The van der Waals surface area contributed by atoms with Crippen molar-refractivity contribution in [2.24, 2.45) is 17.8 Å². The van der Waals surface area contributed by atoms with Crippen LogP contribution in [0.3, 0.4) is 0 Å². The predicted molar refractivity (Wildman–Crippen MR) is 135 cm³/mol. The third-order valence-corrected chi connectivity index (χ3v) is 7.84. The van der Waals surface area contributed by atoms with Crippen molar-refractivity contribution in [2.75, 3.05) is 0 Å². The molecule has 0 spiro atoms. The smallest absolute Gasteiger partial charge is 0.300 e. The van der Waals surface area contributed by atoms with E-state index in [4.69, 9.17) is 0 Å². The number of unbranched alkanes of at least 4 members (excludes halogenated alkanes) is 1. The Bertz CT molecular complexity index is 918. The summed E-state index contributed by atoms with van der Waals surface area (Å²) < 4.78 is 78.3. The first kappa shape index (κ1) is 30.4. The van der Waals surface area contributed by atoms with Gasteiger partial charge >= 0.3 is 12.4 Å². The predicted octanol–water partition coefficient (Wildman–Crippen LogP) is 9.76. The molecule has 0 saturated heterocycles. The number of hydrogen-bond acceptors (Lipinski definition) is 2. The number of benzene rings is 1. The molecule has 212 valence electrons. The van der Waals surface area contributed by atoms with E-state index in [-0.39, 0.29) is 12.5 Å². The van der Waals surface area contributed by atoms with E-state index < -0.39 is 34.8 Å². The van der Waals surface area contributed by atoms with Gasteiger partial charge < -0.3 is 0 Å². The minimum atomic E-state index is -4.96. The Labute approximate surface area is 221 Å². The van der Waals surface area contributed by atoms with Crippen molar-refractivity contribution in [3.05, 3.63) is 47.0 Å². The fourth-order valence-corrected chi connectivity index (χ4v) is 5.35. The number of hydrogen-bond donors (Lipinski definition) is 0. The monoisotopic (exact) mass is 544 g/mol. The number of rotatable bonds is 14. The molecule has 0 aromatic heterocycles. The minimum Gasteiger partial charge on any atom is -0.300 e. The first-order valence-electron chi connectivity index (χ1n) is 13.9. The normalized spacial score (nSPS) is 20.7. The van der Waals surface area contributed by atoms with Gasteiger partial charge in [-0.3, -0.25) is 9.59 Å². The number of carbonyl (C=O) groups excluding carboxylic acids is 2. The molecule has 0 heterocycles. The molecule has 0 unspecified atom stereocenters. The molecule has 8 heteroatoms. The summed E-state index contributed by atoms with van der Waals surface area (Å²) in [4.78, 5) is 24.2. The number of alkyl halides is 6. The van der Waals surface area contributed by atoms with Gasteiger partial charge in [0.05, 0.1) is 11.1 Å². The van der Waals surface area contributed by atoms with Crippen LogP contribution in [0.5, 0.6) is 0 Å². The third-order valence-electron chi connectivity index (χ3n) is 7.84. The highest BCUT2D eigenvalue weighted by atomic mass is 19.4. The summed E-state index contributed by atoms with van der Waals surface area (Å²) >= 11 is 0. The number of Topliss-reactive ketones (excluding diaryl/α,β-unsaturated/α-hetero) is 2. The van der Waals surface area contributed by atoms with Crippen LogP contribution in [0.1, 0.15) is 118 Å². The highest BCUT2D eigenvalue weighted by Crippen LogP contribution is 2.37. The van der Waals surface area contributed by atoms with Gasteiger partial charge in [0.25, 0.3) is 0 Å². The van der Waals surface area contributed by atoms with Crippen LogP contribution in [0.15, 0.2) is 30.4 Å². The van der Waals surface area contributed by atoms with Gasteiger partial charge in [0.2, 0.25) is 0 Å². The van der Waals surface area contributed by atoms with E-state index in [0.29, 0.717) is 48.5 Å². The van der Waals surface area contributed by atoms with E-state index in [0.717, 1.165) is 64.2 Å². The van der Waals surface area contributed by atoms with Crippen LogP contribution < -0.4 is 0 Å². The maximum atomic E-state index is 13.0. The summed E-state index contributed by atoms with van der Waals surface area (Å²) in [7, 11) is 0. The molecule has 0 radical (unpaired) electrons. The van der Waals surface area contributed by atoms with E-state index in [1.54, 1.807) is 0 Å². The molecule has 0 atom stereocenters. The first-order chi connectivity index (χ1) is 17.9. The summed E-state index contributed by atoms with van der Waals surface area (Å²) in [5, 5.41) is 0. The molecule has 2 aliphatic rings. The second-order valence-electron chi connectivity index (χ2n) is 11.1. The lowest BCUT2D eigenvalue weighted by molar-refractivity contribution is -0.143. The Morgan fingerprint density at radius 1 is 0.684 bits per heavy atom. The van der Waals surface area contributed by atoms with E-state index in [1.807, 2.05) is 0 Å². The van der Waals surface area contributed by atoms with Gasteiger partial charge in [-0.2, -0.15) is 26.3 Å². The molecule has 2 fully saturated rings. The summed E-state index contributed by atoms with van der Waals surface area (Å²) in [5.74, 6) is 1.47. The van der Waals surface area contributed by atoms with Crippen molar-refractivity contribution in [3.8, 4) is 0 Å². The number of ketones is 2. The fraction of sp³-hybridized carbons (Fsp3) is 0.667. The number of carbonyl (C=O) groups is 2. The largest absolute Gasteiger partial charge is 0.416 e. The highest BCUT2D eigenvalue weighted by molar-refractivity contribution is 5.96. The standard InChI is InChI=1S/C30H38F6O2/c31-29(32,33)25-18-24(19-26(20-25)30(34,35)36)28(38)10-6-8-22-13-11-21(12-14-22)7-4-2-1-3-5-9-27(37)17-23-15-16-23/h1-2,18-23H,3-17H2/b2-1+.